The molecule has 0 aliphatic carbocycles. The van der Waals surface area contributed by atoms with Gasteiger partial charge in [0.1, 0.15) is 0 Å². The third-order valence-electron chi connectivity index (χ3n) is 6.08. The summed E-state index contributed by atoms with van der Waals surface area (Å²) in [7, 11) is 0. The third-order valence-corrected chi connectivity index (χ3v) is 7.21. The number of hydrogen-bond donors (Lipinski definition) is 2. The van der Waals surface area contributed by atoms with Gasteiger partial charge in [0.2, 0.25) is 5.96 Å². The van der Waals surface area contributed by atoms with Crippen LogP contribution in [0, 0.1) is 0 Å². The molecule has 3 aliphatic rings. The number of morpholine rings is 1. The fraction of sp³-hybridized carbons (Fsp3) is 0.400. The van der Waals surface area contributed by atoms with E-state index in [1.54, 1.807) is 11.3 Å². The number of allylic oxidation sites excluding steroid dienone is 1. The monoisotopic (exact) mass is 478 g/mol. The van der Waals surface area contributed by atoms with Gasteiger partial charge in [0.15, 0.2) is 0 Å². The summed E-state index contributed by atoms with van der Waals surface area (Å²) in [4.78, 5) is 28.4. The Morgan fingerprint density at radius 3 is 2.68 bits per heavy atom. The number of carbonyl (C=O) groups excluding carboxylic acids is 1. The lowest BCUT2D eigenvalue weighted by atomic mass is 10.2. The molecular formula is C25H30N6O2S. The molecule has 0 saturated carbocycles. The molecule has 1 amide bonds. The molecule has 34 heavy (non-hydrogen) atoms. The Morgan fingerprint density at radius 2 is 1.88 bits per heavy atom. The quantitative estimate of drug-likeness (QED) is 0.709. The normalized spacial score (nSPS) is 22.3. The molecule has 2 N–H and O–H groups in total. The molecule has 3 aliphatic heterocycles. The van der Waals surface area contributed by atoms with Crippen molar-refractivity contribution in [1.82, 2.24) is 10.2 Å². The summed E-state index contributed by atoms with van der Waals surface area (Å²) in [5, 5.41) is 6.64. The Labute approximate surface area is 204 Å². The number of amides is 1. The van der Waals surface area contributed by atoms with E-state index in [0.717, 1.165) is 73.5 Å². The average Bonchev–Trinajstić information content (AvgIpc) is 3.31. The molecule has 2 aromatic rings. The highest BCUT2D eigenvalue weighted by atomic mass is 32.1. The lowest BCUT2D eigenvalue weighted by Gasteiger charge is -2.28. The zero-order valence-electron chi connectivity index (χ0n) is 19.2. The highest BCUT2D eigenvalue weighted by molar-refractivity contribution is 7.15. The molecule has 4 heterocycles. The average molecular weight is 479 g/mol. The predicted octanol–water partition coefficient (Wildman–Crippen LogP) is 3.09. The number of thiophene rings is 1. The van der Waals surface area contributed by atoms with E-state index in [0.29, 0.717) is 18.9 Å². The topological polar surface area (TPSA) is 81.6 Å². The third kappa shape index (κ3) is 5.55. The first-order valence-electron chi connectivity index (χ1n) is 11.8. The van der Waals surface area contributed by atoms with Gasteiger partial charge in [-0.05, 0) is 42.0 Å². The molecular weight excluding hydrogens is 448 g/mol. The van der Waals surface area contributed by atoms with Crippen LogP contribution in [0.3, 0.4) is 0 Å². The van der Waals surface area contributed by atoms with Gasteiger partial charge in [-0.2, -0.15) is 0 Å². The second-order valence-electron chi connectivity index (χ2n) is 8.40. The van der Waals surface area contributed by atoms with Crippen molar-refractivity contribution in [2.45, 2.75) is 13.0 Å². The highest BCUT2D eigenvalue weighted by Gasteiger charge is 2.21. The number of benzene rings is 1. The van der Waals surface area contributed by atoms with Gasteiger partial charge in [-0.1, -0.05) is 6.08 Å². The molecule has 1 aromatic heterocycles. The fourth-order valence-corrected chi connectivity index (χ4v) is 5.26. The van der Waals surface area contributed by atoms with Gasteiger partial charge in [0.05, 0.1) is 24.6 Å². The Hall–Kier alpha value is -3.01. The summed E-state index contributed by atoms with van der Waals surface area (Å²) in [5.41, 5.74) is 3.19. The van der Waals surface area contributed by atoms with E-state index in [4.69, 9.17) is 9.73 Å². The van der Waals surface area contributed by atoms with Crippen LogP contribution in [0.5, 0.6) is 0 Å². The van der Waals surface area contributed by atoms with E-state index in [9.17, 15) is 4.79 Å². The SMILES string of the molecule is O=C(c1cc2c(s1)/C=C\C/C=N\C(Nc1ccc(N3CCOCC3)cc1)=N/C2)N1CCNCC1. The summed E-state index contributed by atoms with van der Waals surface area (Å²) in [6.07, 6.45) is 6.72. The Morgan fingerprint density at radius 1 is 1.09 bits per heavy atom. The standard InChI is InChI=1S/C25H30N6O2S/c32-24(31-11-9-26-10-12-31)23-17-19-18-28-25(27-8-2-1-3-22(19)34-23)29-20-4-6-21(7-5-20)30-13-15-33-16-14-30/h1,3-8,17,26H,2,9-16,18H2,(H,28,29)/b3-1-,27-8-. The number of anilines is 2. The smallest absolute Gasteiger partial charge is 0.264 e. The first kappa shape index (κ1) is 22.8. The molecule has 0 radical (unpaired) electrons. The van der Waals surface area contributed by atoms with Crippen molar-refractivity contribution in [2.24, 2.45) is 9.98 Å². The molecule has 178 valence electrons. The van der Waals surface area contributed by atoms with Crippen LogP contribution in [-0.2, 0) is 11.3 Å². The summed E-state index contributed by atoms with van der Waals surface area (Å²) < 4.78 is 5.44. The first-order valence-corrected chi connectivity index (χ1v) is 12.6. The van der Waals surface area contributed by atoms with Gasteiger partial charge in [-0.3, -0.25) is 4.79 Å². The maximum absolute atomic E-state index is 13.0. The van der Waals surface area contributed by atoms with Crippen molar-refractivity contribution in [1.29, 1.82) is 0 Å². The van der Waals surface area contributed by atoms with Crippen LogP contribution in [0.1, 0.15) is 26.5 Å². The Kier molecular flexibility index (Phi) is 7.33. The van der Waals surface area contributed by atoms with Gasteiger partial charge in [0.25, 0.3) is 5.91 Å². The van der Waals surface area contributed by atoms with E-state index < -0.39 is 0 Å². The molecule has 2 fully saturated rings. The van der Waals surface area contributed by atoms with Crippen LogP contribution in [-0.4, -0.2) is 75.5 Å². The largest absolute Gasteiger partial charge is 0.378 e. The van der Waals surface area contributed by atoms with Crippen molar-refractivity contribution < 1.29 is 9.53 Å². The predicted molar refractivity (Wildman–Crippen MR) is 139 cm³/mol. The minimum absolute atomic E-state index is 0.112. The maximum atomic E-state index is 13.0. The molecule has 8 nitrogen and oxygen atoms in total. The van der Waals surface area contributed by atoms with Crippen molar-refractivity contribution in [2.75, 3.05) is 62.7 Å². The Bertz CT molecular complexity index is 1080. The molecule has 2 saturated heterocycles. The van der Waals surface area contributed by atoms with E-state index in [1.165, 1.54) is 5.69 Å². The first-order chi connectivity index (χ1) is 16.8. The zero-order valence-corrected chi connectivity index (χ0v) is 20.0. The fourth-order valence-electron chi connectivity index (χ4n) is 4.19. The molecule has 0 spiro atoms. The second kappa shape index (κ2) is 10.9. The molecule has 1 aromatic carbocycles. The van der Waals surface area contributed by atoms with Crippen molar-refractivity contribution >= 4 is 46.9 Å². The van der Waals surface area contributed by atoms with Gasteiger partial charge in [0, 0.05) is 68.2 Å². The molecule has 0 bridgehead atoms. The van der Waals surface area contributed by atoms with Crippen LogP contribution in [0.4, 0.5) is 11.4 Å². The summed E-state index contributed by atoms with van der Waals surface area (Å²) in [6.45, 7) is 7.04. The molecule has 0 atom stereocenters. The molecule has 5 rings (SSSR count). The lowest BCUT2D eigenvalue weighted by molar-refractivity contribution is 0.0740. The van der Waals surface area contributed by atoms with Crippen molar-refractivity contribution in [3.8, 4) is 0 Å². The van der Waals surface area contributed by atoms with Crippen molar-refractivity contribution in [3.63, 3.8) is 0 Å². The maximum Gasteiger partial charge on any atom is 0.264 e. The zero-order chi connectivity index (χ0) is 23.2. The van der Waals surface area contributed by atoms with E-state index in [1.807, 2.05) is 17.2 Å². The molecule has 9 heteroatoms. The van der Waals surface area contributed by atoms with Crippen molar-refractivity contribution in [3.05, 3.63) is 51.7 Å². The summed E-state index contributed by atoms with van der Waals surface area (Å²) in [5.74, 6) is 0.683. The van der Waals surface area contributed by atoms with Gasteiger partial charge in [-0.25, -0.2) is 9.98 Å². The number of aliphatic imine (C=N–C) groups is 2. The van der Waals surface area contributed by atoms with Crippen LogP contribution in [0.15, 0.2) is 46.4 Å². The van der Waals surface area contributed by atoms with Gasteiger partial charge < -0.3 is 25.2 Å². The number of nitrogens with zero attached hydrogens (tertiary/aromatic N) is 4. The number of ether oxygens (including phenoxy) is 1. The number of rotatable bonds is 3. The lowest BCUT2D eigenvalue weighted by Crippen LogP contribution is -2.46. The van der Waals surface area contributed by atoms with Crippen LogP contribution in [0.25, 0.3) is 6.08 Å². The Balaban J connectivity index is 1.29. The summed E-state index contributed by atoms with van der Waals surface area (Å²) in [6, 6.07) is 10.3. The van der Waals surface area contributed by atoms with Gasteiger partial charge >= 0.3 is 0 Å². The number of nitrogens with one attached hydrogen (secondary N) is 2. The number of hydrogen-bond acceptors (Lipinski definition) is 8. The minimum atomic E-state index is 0.112. The number of carbonyl (C=O) groups is 1. The number of fused-ring (bicyclic) bond motifs is 1. The van der Waals surface area contributed by atoms with E-state index >= 15 is 0 Å². The van der Waals surface area contributed by atoms with Crippen LogP contribution in [0.2, 0.25) is 0 Å². The van der Waals surface area contributed by atoms with E-state index in [-0.39, 0.29) is 5.91 Å². The van der Waals surface area contributed by atoms with E-state index in [2.05, 4.69) is 56.9 Å². The molecule has 0 unspecified atom stereocenters. The van der Waals surface area contributed by atoms with Crippen LogP contribution >= 0.6 is 11.3 Å². The minimum Gasteiger partial charge on any atom is -0.378 e. The second-order valence-corrected chi connectivity index (χ2v) is 9.49. The highest BCUT2D eigenvalue weighted by Crippen LogP contribution is 2.27. The van der Waals surface area contributed by atoms with Gasteiger partial charge in [-0.15, -0.1) is 11.3 Å². The summed E-state index contributed by atoms with van der Waals surface area (Å²) >= 11 is 1.55. The number of guanidine groups is 1. The van der Waals surface area contributed by atoms with Crippen LogP contribution < -0.4 is 15.5 Å². The number of piperazine rings is 1.